The van der Waals surface area contributed by atoms with E-state index in [1.54, 1.807) is 32.9 Å². The minimum atomic E-state index is -1.14. The van der Waals surface area contributed by atoms with Crippen molar-refractivity contribution in [3.8, 4) is 28.7 Å². The van der Waals surface area contributed by atoms with Crippen LogP contribution in [0.5, 0.6) is 28.7 Å². The maximum absolute atomic E-state index is 13.5. The molecule has 0 fully saturated rings. The van der Waals surface area contributed by atoms with E-state index in [-0.39, 0.29) is 28.4 Å². The van der Waals surface area contributed by atoms with Crippen LogP contribution in [0.3, 0.4) is 0 Å². The van der Waals surface area contributed by atoms with E-state index in [1.807, 2.05) is 20.8 Å². The third-order valence-corrected chi connectivity index (χ3v) is 7.02. The van der Waals surface area contributed by atoms with Gasteiger partial charge < -0.3 is 28.8 Å². The lowest BCUT2D eigenvalue weighted by Crippen LogP contribution is -2.18. The number of carboxylic acid groups (broad SMARTS) is 1. The van der Waals surface area contributed by atoms with Crippen molar-refractivity contribution in [1.82, 2.24) is 0 Å². The molecule has 40 heavy (non-hydrogen) atoms. The summed E-state index contributed by atoms with van der Waals surface area (Å²) in [5.74, 6) is -0.189. The van der Waals surface area contributed by atoms with E-state index in [0.717, 1.165) is 5.56 Å². The summed E-state index contributed by atoms with van der Waals surface area (Å²) in [5, 5.41) is 9.69. The normalized spacial score (nSPS) is 10.7. The Bertz CT molecular complexity index is 1430. The quantitative estimate of drug-likeness (QED) is 0.164. The van der Waals surface area contributed by atoms with E-state index in [9.17, 15) is 19.1 Å². The van der Waals surface area contributed by atoms with Gasteiger partial charge in [-0.1, -0.05) is 0 Å². The molecule has 0 saturated carbocycles. The largest absolute Gasteiger partial charge is 0.496 e. The Labute approximate surface area is 233 Å². The minimum absolute atomic E-state index is 0.0130. The third kappa shape index (κ3) is 5.98. The van der Waals surface area contributed by atoms with E-state index in [2.05, 4.69) is 0 Å². The van der Waals surface area contributed by atoms with Gasteiger partial charge in [0.25, 0.3) is 0 Å². The Morgan fingerprint density at radius 1 is 0.675 bits per heavy atom. The molecule has 0 heterocycles. The molecule has 3 aromatic rings. The number of ether oxygens (including phenoxy) is 5. The average Bonchev–Trinajstić information content (AvgIpc) is 2.91. The summed E-state index contributed by atoms with van der Waals surface area (Å²) in [5.41, 5.74) is 3.64. The number of carbonyl (C=O) groups excluding carboxylic acids is 1. The maximum atomic E-state index is 13.5. The second-order valence-corrected chi connectivity index (χ2v) is 9.42. The van der Waals surface area contributed by atoms with Crippen molar-refractivity contribution in [2.45, 2.75) is 48.0 Å². The molecule has 0 spiro atoms. The Morgan fingerprint density at radius 2 is 1.23 bits per heavy atom. The number of esters is 1. The van der Waals surface area contributed by atoms with Crippen molar-refractivity contribution >= 4 is 11.9 Å². The Hall–Kier alpha value is -4.27. The molecule has 0 atom stereocenters. The minimum Gasteiger partial charge on any atom is -0.496 e. The van der Waals surface area contributed by atoms with Crippen LogP contribution in [0, 0.1) is 47.4 Å². The number of hydrogen-bond donors (Lipinski definition) is 1. The van der Waals surface area contributed by atoms with Crippen molar-refractivity contribution in [1.29, 1.82) is 0 Å². The zero-order chi connectivity index (χ0) is 29.7. The lowest BCUT2D eigenvalue weighted by Gasteiger charge is -2.22. The van der Waals surface area contributed by atoms with Crippen LogP contribution in [0.15, 0.2) is 24.3 Å². The molecule has 0 aliphatic carbocycles. The Morgan fingerprint density at radius 3 is 1.80 bits per heavy atom. The van der Waals surface area contributed by atoms with E-state index in [1.165, 1.54) is 26.4 Å². The summed E-state index contributed by atoms with van der Waals surface area (Å²) < 4.78 is 41.7. The van der Waals surface area contributed by atoms with Gasteiger partial charge in [-0.05, 0) is 82.5 Å². The predicted molar refractivity (Wildman–Crippen MR) is 148 cm³/mol. The molecular weight excluding hydrogens is 519 g/mol. The molecule has 3 aromatic carbocycles. The van der Waals surface area contributed by atoms with Gasteiger partial charge in [-0.25, -0.2) is 14.0 Å². The zero-order valence-electron chi connectivity index (χ0n) is 24.1. The molecule has 0 amide bonds. The number of methoxy groups -OCH3 is 2. The first-order valence-corrected chi connectivity index (χ1v) is 12.8. The lowest BCUT2D eigenvalue weighted by molar-refractivity contribution is 0.0685. The van der Waals surface area contributed by atoms with Crippen molar-refractivity contribution in [2.24, 2.45) is 0 Å². The van der Waals surface area contributed by atoms with Gasteiger partial charge >= 0.3 is 11.9 Å². The van der Waals surface area contributed by atoms with Gasteiger partial charge in [-0.3, -0.25) is 0 Å². The highest BCUT2D eigenvalue weighted by Crippen LogP contribution is 2.44. The number of carboxylic acids is 1. The highest BCUT2D eigenvalue weighted by atomic mass is 19.1. The molecule has 0 radical (unpaired) electrons. The SMILES string of the molecule is COc1c(C)c(OCCCOc2ccc(F)cc2)c(C)c(C)c1OC(=O)c1c(C)c(C)c(C(=O)O)c(OC)c1C. The molecule has 0 bridgehead atoms. The van der Waals surface area contributed by atoms with Crippen LogP contribution in [0.1, 0.15) is 60.5 Å². The standard InChI is InChI=1S/C31H35FO8/c1-16-17(2)25(30(33)34)27(36-7)20(5)24(16)31(35)40-29-19(4)18(3)26(21(6)28(29)37-8)39-15-9-14-38-23-12-10-22(32)11-13-23/h10-13H,9,14-15H2,1-8H3,(H,33,34). The van der Waals surface area contributed by atoms with Crippen molar-refractivity contribution in [2.75, 3.05) is 27.4 Å². The monoisotopic (exact) mass is 554 g/mol. The van der Waals surface area contributed by atoms with Crippen molar-refractivity contribution in [3.63, 3.8) is 0 Å². The van der Waals surface area contributed by atoms with Crippen LogP contribution in [-0.4, -0.2) is 44.5 Å². The first-order chi connectivity index (χ1) is 18.9. The molecule has 214 valence electrons. The van der Waals surface area contributed by atoms with Gasteiger partial charge in [0, 0.05) is 23.1 Å². The van der Waals surface area contributed by atoms with Gasteiger partial charge in [0.2, 0.25) is 0 Å². The second kappa shape index (κ2) is 12.7. The predicted octanol–water partition coefficient (Wildman–Crippen LogP) is 6.46. The van der Waals surface area contributed by atoms with Crippen LogP contribution in [0.25, 0.3) is 0 Å². The van der Waals surface area contributed by atoms with Crippen LogP contribution in [-0.2, 0) is 0 Å². The van der Waals surface area contributed by atoms with Crippen LogP contribution in [0.4, 0.5) is 4.39 Å². The van der Waals surface area contributed by atoms with Gasteiger partial charge in [0.1, 0.15) is 28.6 Å². The topological polar surface area (TPSA) is 101 Å². The molecule has 0 aromatic heterocycles. The first kappa shape index (κ1) is 30.3. The number of rotatable bonds is 11. The van der Waals surface area contributed by atoms with Crippen molar-refractivity contribution in [3.05, 3.63) is 74.6 Å². The average molecular weight is 555 g/mol. The fraction of sp³-hybridized carbons (Fsp3) is 0.355. The first-order valence-electron chi connectivity index (χ1n) is 12.8. The van der Waals surface area contributed by atoms with E-state index in [4.69, 9.17) is 23.7 Å². The summed E-state index contributed by atoms with van der Waals surface area (Å²) in [6.07, 6.45) is 0.584. The third-order valence-electron chi connectivity index (χ3n) is 7.02. The molecule has 0 saturated heterocycles. The summed E-state index contributed by atoms with van der Waals surface area (Å²) >= 11 is 0. The van der Waals surface area contributed by atoms with Crippen LogP contribution < -0.4 is 23.7 Å². The lowest BCUT2D eigenvalue weighted by atomic mass is 9.92. The fourth-order valence-electron chi connectivity index (χ4n) is 4.69. The van der Waals surface area contributed by atoms with Gasteiger partial charge in [0.05, 0.1) is 33.0 Å². The summed E-state index contributed by atoms with van der Waals surface area (Å²) in [4.78, 5) is 25.4. The molecule has 3 rings (SSSR count). The van der Waals surface area contributed by atoms with Gasteiger partial charge in [0.15, 0.2) is 11.5 Å². The molecule has 0 aliphatic rings. The molecular formula is C31H35FO8. The summed E-state index contributed by atoms with van der Waals surface area (Å²) in [7, 11) is 2.85. The molecule has 0 unspecified atom stereocenters. The van der Waals surface area contributed by atoms with Crippen LogP contribution >= 0.6 is 0 Å². The number of halogens is 1. The van der Waals surface area contributed by atoms with E-state index in [0.29, 0.717) is 64.7 Å². The zero-order valence-corrected chi connectivity index (χ0v) is 24.1. The number of benzene rings is 3. The summed E-state index contributed by atoms with van der Waals surface area (Å²) in [6, 6.07) is 5.82. The molecule has 1 N–H and O–H groups in total. The van der Waals surface area contributed by atoms with E-state index < -0.39 is 11.9 Å². The fourth-order valence-corrected chi connectivity index (χ4v) is 4.69. The van der Waals surface area contributed by atoms with Gasteiger partial charge in [-0.15, -0.1) is 0 Å². The molecule has 0 aliphatic heterocycles. The number of carbonyl (C=O) groups is 2. The molecule has 9 heteroatoms. The van der Waals surface area contributed by atoms with Gasteiger partial charge in [-0.2, -0.15) is 0 Å². The van der Waals surface area contributed by atoms with Crippen molar-refractivity contribution < 1.29 is 42.8 Å². The molecule has 8 nitrogen and oxygen atoms in total. The number of aromatic carboxylic acids is 1. The highest BCUT2D eigenvalue weighted by Gasteiger charge is 2.29. The van der Waals surface area contributed by atoms with E-state index >= 15 is 0 Å². The maximum Gasteiger partial charge on any atom is 0.344 e. The second-order valence-electron chi connectivity index (χ2n) is 9.42. The smallest absolute Gasteiger partial charge is 0.344 e. The Balaban J connectivity index is 1.85. The van der Waals surface area contributed by atoms with Crippen LogP contribution in [0.2, 0.25) is 0 Å². The summed E-state index contributed by atoms with van der Waals surface area (Å²) in [6.45, 7) is 11.2. The highest BCUT2D eigenvalue weighted by molar-refractivity contribution is 6.01. The Kier molecular flexibility index (Phi) is 9.63. The number of hydrogen-bond acceptors (Lipinski definition) is 7.